The van der Waals surface area contributed by atoms with Gasteiger partial charge >= 0.3 is 11.9 Å². The van der Waals surface area contributed by atoms with Crippen LogP contribution in [-0.4, -0.2) is 103 Å². The number of carbonyl (C=O) groups excluding carboxylic acids is 2. The van der Waals surface area contributed by atoms with E-state index in [1.54, 1.807) is 14.0 Å². The molecule has 0 saturated heterocycles. The molecule has 9 atom stereocenters. The Morgan fingerprint density at radius 1 is 1.04 bits per heavy atom. The molecule has 0 heterocycles. The molecule has 52 heavy (non-hydrogen) atoms. The lowest BCUT2D eigenvalue weighted by atomic mass is 9.52. The van der Waals surface area contributed by atoms with E-state index in [2.05, 4.69) is 32.6 Å². The Balaban J connectivity index is 2.46. The molecule has 11 nitrogen and oxygen atoms in total. The summed E-state index contributed by atoms with van der Waals surface area (Å²) < 4.78 is 39.0. The van der Waals surface area contributed by atoms with Gasteiger partial charge in [-0.2, -0.15) is 0 Å². The minimum atomic E-state index is -1.31. The van der Waals surface area contributed by atoms with Crippen LogP contribution in [0.15, 0.2) is 47.6 Å². The Bertz CT molecular complexity index is 1210. The third-order valence-corrected chi connectivity index (χ3v) is 12.1. The number of carbonyl (C=O) groups is 2. The summed E-state index contributed by atoms with van der Waals surface area (Å²) >= 11 is 0. The summed E-state index contributed by atoms with van der Waals surface area (Å²) in [5, 5.41) is 21.1. The van der Waals surface area contributed by atoms with E-state index in [-0.39, 0.29) is 56.6 Å². The third kappa shape index (κ3) is 13.9. The number of rotatable bonds is 23. The summed E-state index contributed by atoms with van der Waals surface area (Å²) in [4.78, 5) is 27.1. The zero-order chi connectivity index (χ0) is 38.9. The van der Waals surface area contributed by atoms with Gasteiger partial charge in [-0.05, 0) is 69.4 Å². The van der Waals surface area contributed by atoms with Gasteiger partial charge in [0.25, 0.3) is 0 Å². The van der Waals surface area contributed by atoms with E-state index in [1.165, 1.54) is 14.2 Å². The first-order chi connectivity index (χ1) is 24.6. The van der Waals surface area contributed by atoms with E-state index in [9.17, 15) is 19.8 Å². The largest absolute Gasteiger partial charge is 0.466 e. The van der Waals surface area contributed by atoms with Crippen LogP contribution in [0.25, 0.3) is 0 Å². The number of ether oxygens (including phenoxy) is 7. The molecule has 0 aromatic rings. The lowest BCUT2D eigenvalue weighted by molar-refractivity contribution is -0.179. The van der Waals surface area contributed by atoms with Gasteiger partial charge in [0.15, 0.2) is 6.79 Å². The highest BCUT2D eigenvalue weighted by Gasteiger charge is 2.57. The molecule has 0 radical (unpaired) electrons. The molecule has 2 aliphatic rings. The van der Waals surface area contributed by atoms with E-state index >= 15 is 0 Å². The summed E-state index contributed by atoms with van der Waals surface area (Å²) in [5.41, 5.74) is 0.247. The van der Waals surface area contributed by atoms with Crippen molar-refractivity contribution in [3.63, 3.8) is 0 Å². The van der Waals surface area contributed by atoms with E-state index < -0.39 is 43.7 Å². The Morgan fingerprint density at radius 2 is 1.75 bits per heavy atom. The number of aliphatic hydroxyl groups excluding tert-OH is 2. The number of hydrogen-bond acceptors (Lipinski definition) is 11. The molecule has 0 unspecified atom stereocenters. The predicted octanol–water partition coefficient (Wildman–Crippen LogP) is 6.44. The van der Waals surface area contributed by atoms with Crippen LogP contribution in [0.1, 0.15) is 59.8 Å². The number of aliphatic hydroxyl groups is 2. The Hall–Kier alpha value is -2.16. The second-order valence-electron chi connectivity index (χ2n) is 15.8. The summed E-state index contributed by atoms with van der Waals surface area (Å²) in [6.45, 7) is 15.2. The quantitative estimate of drug-likeness (QED) is 0.0227. The molecule has 0 aromatic carbocycles. The average Bonchev–Trinajstić information content (AvgIpc) is 3.09. The van der Waals surface area contributed by atoms with Crippen molar-refractivity contribution < 1.29 is 53.0 Å². The molecule has 0 spiro atoms. The van der Waals surface area contributed by atoms with Crippen molar-refractivity contribution in [2.45, 2.75) is 104 Å². The average molecular weight is 753 g/mol. The summed E-state index contributed by atoms with van der Waals surface area (Å²) in [5.74, 6) is -1.82. The molecular weight excluding hydrogens is 685 g/mol. The van der Waals surface area contributed by atoms with Crippen molar-refractivity contribution in [1.29, 1.82) is 0 Å². The molecular formula is C40H68O11Si. The van der Waals surface area contributed by atoms with Crippen LogP contribution >= 0.6 is 0 Å². The monoisotopic (exact) mass is 752 g/mol. The van der Waals surface area contributed by atoms with Gasteiger partial charge < -0.3 is 43.4 Å². The number of esters is 2. The number of fused-ring (bicyclic) bond motifs is 1. The van der Waals surface area contributed by atoms with Crippen molar-refractivity contribution in [2.24, 2.45) is 35.0 Å². The van der Waals surface area contributed by atoms with Crippen LogP contribution in [0.5, 0.6) is 0 Å². The van der Waals surface area contributed by atoms with Crippen LogP contribution in [0.3, 0.4) is 0 Å². The number of allylic oxidation sites excluding steroid dienone is 4. The van der Waals surface area contributed by atoms with Crippen molar-refractivity contribution in [3.05, 3.63) is 47.6 Å². The van der Waals surface area contributed by atoms with Gasteiger partial charge in [-0.25, -0.2) is 4.79 Å². The minimum absolute atomic E-state index is 0.0201. The summed E-state index contributed by atoms with van der Waals surface area (Å²) in [7, 11) is 3.11. The predicted molar refractivity (Wildman–Crippen MR) is 204 cm³/mol. The number of hydrogen-bond donors (Lipinski definition) is 2. The zero-order valence-corrected chi connectivity index (χ0v) is 34.4. The molecule has 298 valence electrons. The first kappa shape index (κ1) is 46.0. The highest BCUT2D eigenvalue weighted by Crippen LogP contribution is 2.55. The highest BCUT2D eigenvalue weighted by molar-refractivity contribution is 6.76. The molecule has 1 saturated carbocycles. The fourth-order valence-electron chi connectivity index (χ4n) is 7.26. The van der Waals surface area contributed by atoms with Crippen LogP contribution in [0.2, 0.25) is 25.7 Å². The molecule has 2 rings (SSSR count). The fourth-order valence-corrected chi connectivity index (χ4v) is 8.02. The lowest BCUT2D eigenvalue weighted by Crippen LogP contribution is -2.54. The van der Waals surface area contributed by atoms with Gasteiger partial charge in [0, 0.05) is 46.7 Å². The molecule has 0 aliphatic heterocycles. The van der Waals surface area contributed by atoms with Gasteiger partial charge in [0.1, 0.15) is 13.6 Å². The van der Waals surface area contributed by atoms with Crippen LogP contribution in [-0.2, 0) is 42.7 Å². The molecule has 2 N–H and O–H groups in total. The molecule has 12 heteroatoms. The topological polar surface area (TPSA) is 139 Å². The summed E-state index contributed by atoms with van der Waals surface area (Å²) in [6.07, 6.45) is 13.4. The third-order valence-electron chi connectivity index (χ3n) is 10.4. The number of unbranched alkanes of at least 4 members (excludes halogenated alkanes) is 1. The fraction of sp³-hybridized carbons (Fsp3) is 0.750. The van der Waals surface area contributed by atoms with E-state index in [0.29, 0.717) is 31.4 Å². The van der Waals surface area contributed by atoms with Crippen molar-refractivity contribution in [2.75, 3.05) is 54.9 Å². The molecule has 0 aromatic heterocycles. The Kier molecular flexibility index (Phi) is 20.3. The lowest BCUT2D eigenvalue weighted by Gasteiger charge is -2.52. The maximum atomic E-state index is 14.2. The molecule has 0 amide bonds. The Morgan fingerprint density at radius 3 is 2.38 bits per heavy atom. The van der Waals surface area contributed by atoms with E-state index in [4.69, 9.17) is 33.2 Å². The molecule has 2 aliphatic carbocycles. The molecule has 1 fully saturated rings. The van der Waals surface area contributed by atoms with Crippen LogP contribution in [0, 0.1) is 35.0 Å². The van der Waals surface area contributed by atoms with Gasteiger partial charge in [-0.1, -0.05) is 69.9 Å². The van der Waals surface area contributed by atoms with Crippen molar-refractivity contribution in [3.8, 4) is 0 Å². The van der Waals surface area contributed by atoms with Crippen LogP contribution < -0.4 is 0 Å². The van der Waals surface area contributed by atoms with Crippen molar-refractivity contribution in [1.82, 2.24) is 0 Å². The van der Waals surface area contributed by atoms with Crippen LogP contribution in [0.4, 0.5) is 0 Å². The van der Waals surface area contributed by atoms with E-state index in [1.807, 2.05) is 44.2 Å². The van der Waals surface area contributed by atoms with Crippen molar-refractivity contribution >= 4 is 20.0 Å². The maximum Gasteiger partial charge on any atom is 0.336 e. The smallest absolute Gasteiger partial charge is 0.336 e. The second-order valence-corrected chi connectivity index (χ2v) is 21.4. The van der Waals surface area contributed by atoms with Gasteiger partial charge in [-0.15, -0.1) is 0 Å². The summed E-state index contributed by atoms with van der Waals surface area (Å²) in [6, 6.07) is 0.966. The van der Waals surface area contributed by atoms with Gasteiger partial charge in [0.05, 0.1) is 43.0 Å². The highest BCUT2D eigenvalue weighted by atomic mass is 28.3. The first-order valence-electron chi connectivity index (χ1n) is 18.7. The van der Waals surface area contributed by atoms with E-state index in [0.717, 1.165) is 24.5 Å². The standard InChI is InChI=1S/C40H68O11Si/c1-28-19-20-35-33(36(28)42)23-31(24-49-25-45-5)34(40(35,4)39(44)51-27-48-21-22-52(8,9)10)18-14-11-15-29(2)37(50-26-46-6)32(38(43)47-7)17-13-12-16-30(3)41/h11,14-15,17-18,23,28-30,33-37,41-42H,12-13,16,19-22,24-27H2,1-10H3/b15-11+,18-14+,32-17-/t28-,29-,30+,33+,34-,35-,36+,37+,40-/m0/s1. The first-order valence-corrected chi connectivity index (χ1v) is 22.4. The molecule has 0 bridgehead atoms. The number of methoxy groups -OCH3 is 3. The normalized spacial score (nSPS) is 27.3. The maximum absolute atomic E-state index is 14.2. The Labute approximate surface area is 313 Å². The minimum Gasteiger partial charge on any atom is -0.466 e. The second kappa shape index (κ2) is 22.9. The SMILES string of the molecule is COCOCC1=C[C@H]2[C@H](O)[C@@H](C)CC[C@@H]2[C@@](C)(C(=O)OCOCC[Si](C)(C)C)[C@H]1/C=C/C=C/[C@H](C)[C@@H](OCOC)/C(=C/CCC[C@@H](C)O)C(=O)OC. The van der Waals surface area contributed by atoms with Gasteiger partial charge in [0.2, 0.25) is 0 Å². The van der Waals surface area contributed by atoms with Gasteiger partial charge in [-0.3, -0.25) is 4.79 Å². The zero-order valence-electron chi connectivity index (χ0n) is 33.4.